The van der Waals surface area contributed by atoms with Gasteiger partial charge in [0.2, 0.25) is 0 Å². The zero-order chi connectivity index (χ0) is 15.8. The van der Waals surface area contributed by atoms with Crippen molar-refractivity contribution in [3.05, 3.63) is 36.5 Å². The number of aliphatic carboxylic acids is 1. The molecule has 0 aromatic heterocycles. The van der Waals surface area contributed by atoms with Gasteiger partial charge in [-0.3, -0.25) is 4.79 Å². The summed E-state index contributed by atoms with van der Waals surface area (Å²) >= 11 is 0. The van der Waals surface area contributed by atoms with E-state index in [1.54, 1.807) is 12.2 Å². The van der Waals surface area contributed by atoms with E-state index >= 15 is 0 Å². The van der Waals surface area contributed by atoms with Crippen LogP contribution in [0.4, 0.5) is 0 Å². The number of carboxylic acids is 1. The summed E-state index contributed by atoms with van der Waals surface area (Å²) in [6.07, 6.45) is 19.6. The Morgan fingerprint density at radius 1 is 0.952 bits per heavy atom. The Labute approximate surface area is 129 Å². The first-order valence-electron chi connectivity index (χ1n) is 8.05. The Bertz CT molecular complexity index is 329. The monoisotopic (exact) mass is 294 g/mol. The maximum atomic E-state index is 10.3. The average Bonchev–Trinajstić information content (AvgIpc) is 2.45. The van der Waals surface area contributed by atoms with Gasteiger partial charge in [0.1, 0.15) is 0 Å². The molecule has 0 fully saturated rings. The molecule has 3 heteroatoms. The molecule has 3 nitrogen and oxygen atoms in total. The summed E-state index contributed by atoms with van der Waals surface area (Å²) in [4.78, 5) is 10.3. The van der Waals surface area contributed by atoms with Crippen molar-refractivity contribution in [2.75, 3.05) is 0 Å². The van der Waals surface area contributed by atoms with Crippen LogP contribution < -0.4 is 0 Å². The summed E-state index contributed by atoms with van der Waals surface area (Å²) in [5.41, 5.74) is 0. The van der Waals surface area contributed by atoms with Crippen LogP contribution in [0.2, 0.25) is 0 Å². The predicted octanol–water partition coefficient (Wildman–Crippen LogP) is 4.63. The topological polar surface area (TPSA) is 57.5 Å². The number of aliphatic hydroxyl groups is 1. The fourth-order valence-electron chi connectivity index (χ4n) is 1.86. The number of aliphatic hydroxyl groups excluding tert-OH is 1. The van der Waals surface area contributed by atoms with Gasteiger partial charge in [0, 0.05) is 6.42 Å². The van der Waals surface area contributed by atoms with Crippen molar-refractivity contribution in [3.8, 4) is 0 Å². The molecule has 1 unspecified atom stereocenters. The van der Waals surface area contributed by atoms with Gasteiger partial charge in [-0.15, -0.1) is 0 Å². The quantitative estimate of drug-likeness (QED) is 0.384. The highest BCUT2D eigenvalue weighted by atomic mass is 16.4. The van der Waals surface area contributed by atoms with Gasteiger partial charge < -0.3 is 10.2 Å². The van der Waals surface area contributed by atoms with Crippen molar-refractivity contribution in [1.82, 2.24) is 0 Å². The zero-order valence-electron chi connectivity index (χ0n) is 13.2. The highest BCUT2D eigenvalue weighted by molar-refractivity contribution is 5.66. The second-order valence-corrected chi connectivity index (χ2v) is 5.19. The van der Waals surface area contributed by atoms with Gasteiger partial charge in [0.05, 0.1) is 6.10 Å². The van der Waals surface area contributed by atoms with Crippen LogP contribution in [0.25, 0.3) is 0 Å². The van der Waals surface area contributed by atoms with E-state index in [1.807, 2.05) is 12.2 Å². The van der Waals surface area contributed by atoms with Crippen molar-refractivity contribution >= 4 is 5.97 Å². The third kappa shape index (κ3) is 16.6. The fraction of sp³-hybridized carbons (Fsp3) is 0.611. The van der Waals surface area contributed by atoms with Crippen molar-refractivity contribution in [2.24, 2.45) is 0 Å². The number of hydrogen-bond acceptors (Lipinski definition) is 2. The molecule has 0 saturated carbocycles. The van der Waals surface area contributed by atoms with Crippen LogP contribution >= 0.6 is 0 Å². The Balaban J connectivity index is 3.56. The lowest BCUT2D eigenvalue weighted by molar-refractivity contribution is -0.137. The van der Waals surface area contributed by atoms with E-state index in [9.17, 15) is 9.90 Å². The maximum Gasteiger partial charge on any atom is 0.303 e. The standard InChI is InChI=1S/C18H30O3/c1-2-3-4-5-6-7-8-11-14-17(19)15-12-9-10-13-16-18(20)21/h6-7,11-12,14-15,17,19H,2-5,8-10,13,16H2,1H3,(H,20,21)/b7-6-,14-11-,15-12-. The van der Waals surface area contributed by atoms with Gasteiger partial charge >= 0.3 is 5.97 Å². The number of unbranched alkanes of at least 4 members (excludes halogenated alkanes) is 5. The Morgan fingerprint density at radius 3 is 2.33 bits per heavy atom. The highest BCUT2D eigenvalue weighted by Gasteiger charge is 1.95. The van der Waals surface area contributed by atoms with E-state index in [-0.39, 0.29) is 6.42 Å². The minimum absolute atomic E-state index is 0.223. The molecule has 0 heterocycles. The summed E-state index contributed by atoms with van der Waals surface area (Å²) in [6, 6.07) is 0. The molecular weight excluding hydrogens is 264 g/mol. The maximum absolute atomic E-state index is 10.3. The summed E-state index contributed by atoms with van der Waals surface area (Å²) in [5, 5.41) is 18.2. The molecule has 120 valence electrons. The number of rotatable bonds is 13. The van der Waals surface area contributed by atoms with E-state index in [4.69, 9.17) is 5.11 Å². The molecular formula is C18H30O3. The first-order chi connectivity index (χ1) is 10.2. The second kappa shape index (κ2) is 15.0. The third-order valence-corrected chi connectivity index (χ3v) is 3.09. The Kier molecular flexibility index (Phi) is 14.1. The van der Waals surface area contributed by atoms with Crippen LogP contribution in [-0.2, 0) is 4.79 Å². The lowest BCUT2D eigenvalue weighted by atomic mass is 10.1. The first-order valence-corrected chi connectivity index (χ1v) is 8.05. The van der Waals surface area contributed by atoms with Crippen molar-refractivity contribution < 1.29 is 15.0 Å². The zero-order valence-corrected chi connectivity index (χ0v) is 13.2. The lowest BCUT2D eigenvalue weighted by Crippen LogP contribution is -1.96. The van der Waals surface area contributed by atoms with Gasteiger partial charge in [-0.2, -0.15) is 0 Å². The molecule has 0 bridgehead atoms. The fourth-order valence-corrected chi connectivity index (χ4v) is 1.86. The van der Waals surface area contributed by atoms with Crippen molar-refractivity contribution in [2.45, 2.75) is 70.8 Å². The highest BCUT2D eigenvalue weighted by Crippen LogP contribution is 2.03. The first kappa shape index (κ1) is 19.7. The molecule has 0 aromatic carbocycles. The number of hydrogen-bond donors (Lipinski definition) is 2. The molecule has 0 aromatic rings. The molecule has 1 atom stereocenters. The average molecular weight is 294 g/mol. The van der Waals surface area contributed by atoms with E-state index in [2.05, 4.69) is 19.1 Å². The molecule has 0 aliphatic rings. The molecule has 0 rings (SSSR count). The largest absolute Gasteiger partial charge is 0.481 e. The van der Waals surface area contributed by atoms with Crippen LogP contribution in [0.5, 0.6) is 0 Å². The normalized spacial score (nSPS) is 13.6. The van der Waals surface area contributed by atoms with Gasteiger partial charge in [-0.25, -0.2) is 0 Å². The van der Waals surface area contributed by atoms with E-state index in [1.165, 1.54) is 19.3 Å². The number of allylic oxidation sites excluding steroid dienone is 4. The molecule has 21 heavy (non-hydrogen) atoms. The molecule has 0 radical (unpaired) electrons. The van der Waals surface area contributed by atoms with Gasteiger partial charge in [0.15, 0.2) is 0 Å². The lowest BCUT2D eigenvalue weighted by Gasteiger charge is -1.97. The third-order valence-electron chi connectivity index (χ3n) is 3.09. The van der Waals surface area contributed by atoms with E-state index < -0.39 is 12.1 Å². The number of carboxylic acid groups (broad SMARTS) is 1. The number of carbonyl (C=O) groups is 1. The minimum atomic E-state index is -0.746. The Morgan fingerprint density at radius 2 is 1.62 bits per heavy atom. The van der Waals surface area contributed by atoms with Gasteiger partial charge in [0.25, 0.3) is 0 Å². The van der Waals surface area contributed by atoms with Gasteiger partial charge in [-0.05, 0) is 38.5 Å². The van der Waals surface area contributed by atoms with Crippen LogP contribution in [0.3, 0.4) is 0 Å². The van der Waals surface area contributed by atoms with Crippen LogP contribution in [0.1, 0.15) is 64.7 Å². The van der Waals surface area contributed by atoms with Crippen molar-refractivity contribution in [1.29, 1.82) is 0 Å². The van der Waals surface area contributed by atoms with E-state index in [0.717, 1.165) is 25.7 Å². The molecule has 0 spiro atoms. The molecule has 2 N–H and O–H groups in total. The second-order valence-electron chi connectivity index (χ2n) is 5.19. The van der Waals surface area contributed by atoms with Crippen LogP contribution in [0, 0.1) is 0 Å². The summed E-state index contributed by atoms with van der Waals surface area (Å²) in [5.74, 6) is -0.746. The smallest absolute Gasteiger partial charge is 0.303 e. The van der Waals surface area contributed by atoms with E-state index in [0.29, 0.717) is 6.42 Å². The molecule has 0 aliphatic carbocycles. The van der Waals surface area contributed by atoms with Crippen LogP contribution in [0.15, 0.2) is 36.5 Å². The minimum Gasteiger partial charge on any atom is -0.481 e. The summed E-state index contributed by atoms with van der Waals surface area (Å²) in [7, 11) is 0. The van der Waals surface area contributed by atoms with Crippen molar-refractivity contribution in [3.63, 3.8) is 0 Å². The van der Waals surface area contributed by atoms with Crippen LogP contribution in [-0.4, -0.2) is 22.3 Å². The molecule has 0 amide bonds. The van der Waals surface area contributed by atoms with Gasteiger partial charge in [-0.1, -0.05) is 56.2 Å². The Hall–Kier alpha value is -1.35. The molecule has 0 saturated heterocycles. The predicted molar refractivity (Wildman–Crippen MR) is 88.3 cm³/mol. The summed E-state index contributed by atoms with van der Waals surface area (Å²) < 4.78 is 0. The SMILES string of the molecule is CCCCC/C=C\C/C=C\C(O)/C=C\CCCCC(=O)O. The molecule has 0 aliphatic heterocycles. The summed E-state index contributed by atoms with van der Waals surface area (Å²) in [6.45, 7) is 2.20.